The lowest BCUT2D eigenvalue weighted by Crippen LogP contribution is -2.14. The molecule has 1 amide bonds. The van der Waals surface area contributed by atoms with Crippen molar-refractivity contribution in [1.82, 2.24) is 9.78 Å². The fourth-order valence-electron chi connectivity index (χ4n) is 1.94. The van der Waals surface area contributed by atoms with E-state index >= 15 is 0 Å². The molecule has 124 valence electrons. The van der Waals surface area contributed by atoms with E-state index < -0.39 is 10.0 Å². The lowest BCUT2D eigenvalue weighted by atomic mass is 10.3. The molecule has 2 rings (SSSR count). The van der Waals surface area contributed by atoms with E-state index in [1.165, 1.54) is 38.4 Å². The SMILES string of the molecule is CCn1cc(NS(=O)(=O)c2ccc(OC)c(NC(C)=O)c2)cn1. The molecule has 0 saturated heterocycles. The molecule has 23 heavy (non-hydrogen) atoms. The van der Waals surface area contributed by atoms with E-state index in [2.05, 4.69) is 15.1 Å². The number of benzene rings is 1. The number of nitrogens with zero attached hydrogens (tertiary/aromatic N) is 2. The van der Waals surface area contributed by atoms with Gasteiger partial charge in [0.1, 0.15) is 5.75 Å². The molecule has 0 saturated carbocycles. The van der Waals surface area contributed by atoms with Crippen molar-refractivity contribution in [3.8, 4) is 5.75 Å². The molecule has 0 unspecified atom stereocenters. The van der Waals surface area contributed by atoms with E-state index in [1.54, 1.807) is 10.9 Å². The number of hydrogen-bond acceptors (Lipinski definition) is 5. The van der Waals surface area contributed by atoms with Crippen LogP contribution in [0.3, 0.4) is 0 Å². The Kier molecular flexibility index (Phi) is 4.89. The minimum atomic E-state index is -3.80. The Balaban J connectivity index is 2.33. The van der Waals surface area contributed by atoms with Crippen molar-refractivity contribution in [1.29, 1.82) is 0 Å². The number of carbonyl (C=O) groups is 1. The number of aryl methyl sites for hydroxylation is 1. The standard InChI is InChI=1S/C14H18N4O4S/c1-4-18-9-11(8-15-18)17-23(20,21)12-5-6-14(22-3)13(7-12)16-10(2)19/h5-9,17H,4H2,1-3H3,(H,16,19). The average molecular weight is 338 g/mol. The topological polar surface area (TPSA) is 102 Å². The van der Waals surface area contributed by atoms with Crippen LogP contribution in [0, 0.1) is 0 Å². The largest absolute Gasteiger partial charge is 0.495 e. The summed E-state index contributed by atoms with van der Waals surface area (Å²) in [5, 5.41) is 6.55. The Labute approximate surface area is 134 Å². The monoisotopic (exact) mass is 338 g/mol. The molecule has 0 bridgehead atoms. The zero-order valence-corrected chi connectivity index (χ0v) is 13.8. The Bertz CT molecular complexity index is 814. The molecular weight excluding hydrogens is 320 g/mol. The highest BCUT2D eigenvalue weighted by molar-refractivity contribution is 7.92. The predicted octanol–water partition coefficient (Wildman–Crippen LogP) is 1.67. The normalized spacial score (nSPS) is 11.1. The van der Waals surface area contributed by atoms with Gasteiger partial charge in [-0.3, -0.25) is 14.2 Å². The first-order valence-corrected chi connectivity index (χ1v) is 8.35. The number of sulfonamides is 1. The van der Waals surface area contributed by atoms with E-state index in [0.717, 1.165) is 0 Å². The second kappa shape index (κ2) is 6.69. The summed E-state index contributed by atoms with van der Waals surface area (Å²) in [4.78, 5) is 11.2. The van der Waals surface area contributed by atoms with Crippen LogP contribution in [0.25, 0.3) is 0 Å². The maximum absolute atomic E-state index is 12.4. The highest BCUT2D eigenvalue weighted by atomic mass is 32.2. The fraction of sp³-hybridized carbons (Fsp3) is 0.286. The third-order valence-corrected chi connectivity index (χ3v) is 4.38. The van der Waals surface area contributed by atoms with E-state index in [-0.39, 0.29) is 16.5 Å². The Hall–Kier alpha value is -2.55. The summed E-state index contributed by atoms with van der Waals surface area (Å²) < 4.78 is 34.0. The molecule has 9 heteroatoms. The lowest BCUT2D eigenvalue weighted by Gasteiger charge is -2.12. The van der Waals surface area contributed by atoms with E-state index in [0.29, 0.717) is 18.0 Å². The molecule has 0 radical (unpaired) electrons. The van der Waals surface area contributed by atoms with E-state index in [9.17, 15) is 13.2 Å². The number of ether oxygens (including phenoxy) is 1. The number of anilines is 2. The molecule has 8 nitrogen and oxygen atoms in total. The molecule has 0 aliphatic rings. The number of aromatic nitrogens is 2. The Morgan fingerprint density at radius 2 is 2.13 bits per heavy atom. The van der Waals surface area contributed by atoms with Crippen LogP contribution in [-0.2, 0) is 21.4 Å². The number of methoxy groups -OCH3 is 1. The molecule has 0 fully saturated rings. The van der Waals surface area contributed by atoms with Crippen molar-refractivity contribution in [2.24, 2.45) is 0 Å². The molecule has 0 atom stereocenters. The number of hydrogen-bond donors (Lipinski definition) is 2. The van der Waals surface area contributed by atoms with E-state index in [4.69, 9.17) is 4.74 Å². The van der Waals surface area contributed by atoms with Gasteiger partial charge in [-0.2, -0.15) is 5.10 Å². The number of rotatable bonds is 6. The zero-order valence-electron chi connectivity index (χ0n) is 13.0. The summed E-state index contributed by atoms with van der Waals surface area (Å²) in [5.74, 6) is 0.0491. The van der Waals surface area contributed by atoms with Crippen LogP contribution in [0.2, 0.25) is 0 Å². The summed E-state index contributed by atoms with van der Waals surface area (Å²) in [6, 6.07) is 4.22. The first kappa shape index (κ1) is 16.8. The van der Waals surface area contributed by atoms with Crippen molar-refractivity contribution < 1.29 is 17.9 Å². The summed E-state index contributed by atoms with van der Waals surface area (Å²) >= 11 is 0. The van der Waals surface area contributed by atoms with Crippen LogP contribution in [0.5, 0.6) is 5.75 Å². The molecular formula is C14H18N4O4S. The van der Waals surface area contributed by atoms with Crippen molar-refractivity contribution >= 4 is 27.3 Å². The van der Waals surface area contributed by atoms with Gasteiger partial charge in [-0.25, -0.2) is 8.42 Å². The van der Waals surface area contributed by atoms with Gasteiger partial charge in [-0.05, 0) is 25.1 Å². The van der Waals surface area contributed by atoms with Gasteiger partial charge < -0.3 is 10.1 Å². The Morgan fingerprint density at radius 3 is 2.70 bits per heavy atom. The second-order valence-electron chi connectivity index (χ2n) is 4.73. The van der Waals surface area contributed by atoms with E-state index in [1.807, 2.05) is 6.92 Å². The van der Waals surface area contributed by atoms with Crippen LogP contribution >= 0.6 is 0 Å². The summed E-state index contributed by atoms with van der Waals surface area (Å²) in [6.07, 6.45) is 3.02. The average Bonchev–Trinajstić information content (AvgIpc) is 2.93. The Morgan fingerprint density at radius 1 is 1.39 bits per heavy atom. The molecule has 0 spiro atoms. The molecule has 1 heterocycles. The van der Waals surface area contributed by atoms with Gasteiger partial charge in [-0.15, -0.1) is 0 Å². The number of amides is 1. The molecule has 1 aromatic carbocycles. The third-order valence-electron chi connectivity index (χ3n) is 3.00. The fourth-order valence-corrected chi connectivity index (χ4v) is 3.00. The van der Waals surface area contributed by atoms with Crippen molar-refractivity contribution in [3.05, 3.63) is 30.6 Å². The van der Waals surface area contributed by atoms with Crippen LogP contribution in [-0.4, -0.2) is 31.2 Å². The lowest BCUT2D eigenvalue weighted by molar-refractivity contribution is -0.114. The molecule has 0 aliphatic carbocycles. The first-order chi connectivity index (χ1) is 10.9. The molecule has 2 N–H and O–H groups in total. The highest BCUT2D eigenvalue weighted by Crippen LogP contribution is 2.28. The number of nitrogens with one attached hydrogen (secondary N) is 2. The third kappa shape index (κ3) is 4.01. The second-order valence-corrected chi connectivity index (χ2v) is 6.42. The summed E-state index contributed by atoms with van der Waals surface area (Å²) in [7, 11) is -2.36. The maximum atomic E-state index is 12.4. The van der Waals surface area contributed by atoms with Gasteiger partial charge in [0.15, 0.2) is 0 Å². The number of carbonyl (C=O) groups excluding carboxylic acids is 1. The van der Waals surface area contributed by atoms with Crippen LogP contribution < -0.4 is 14.8 Å². The minimum Gasteiger partial charge on any atom is -0.495 e. The van der Waals surface area contributed by atoms with Crippen LogP contribution in [0.15, 0.2) is 35.5 Å². The van der Waals surface area contributed by atoms with Gasteiger partial charge in [0, 0.05) is 19.7 Å². The minimum absolute atomic E-state index is 0.00583. The van der Waals surface area contributed by atoms with Crippen molar-refractivity contribution in [3.63, 3.8) is 0 Å². The van der Waals surface area contributed by atoms with Crippen LogP contribution in [0.4, 0.5) is 11.4 Å². The summed E-state index contributed by atoms with van der Waals surface area (Å²) in [5.41, 5.74) is 0.649. The first-order valence-electron chi connectivity index (χ1n) is 6.86. The van der Waals surface area contributed by atoms with Crippen molar-refractivity contribution in [2.45, 2.75) is 25.3 Å². The maximum Gasteiger partial charge on any atom is 0.262 e. The van der Waals surface area contributed by atoms with Crippen molar-refractivity contribution in [2.75, 3.05) is 17.1 Å². The van der Waals surface area contributed by atoms with Gasteiger partial charge in [0.25, 0.3) is 10.0 Å². The van der Waals surface area contributed by atoms with Gasteiger partial charge in [0.05, 0.1) is 29.6 Å². The zero-order chi connectivity index (χ0) is 17.0. The molecule has 2 aromatic rings. The van der Waals surface area contributed by atoms with Crippen LogP contribution in [0.1, 0.15) is 13.8 Å². The smallest absolute Gasteiger partial charge is 0.262 e. The quantitative estimate of drug-likeness (QED) is 0.834. The van der Waals surface area contributed by atoms with Gasteiger partial charge in [0.2, 0.25) is 5.91 Å². The molecule has 1 aromatic heterocycles. The highest BCUT2D eigenvalue weighted by Gasteiger charge is 2.18. The summed E-state index contributed by atoms with van der Waals surface area (Å²) in [6.45, 7) is 3.86. The van der Waals surface area contributed by atoms with Gasteiger partial charge in [-0.1, -0.05) is 0 Å². The predicted molar refractivity (Wildman–Crippen MR) is 86.0 cm³/mol. The van der Waals surface area contributed by atoms with Gasteiger partial charge >= 0.3 is 0 Å². The molecule has 0 aliphatic heterocycles.